The summed E-state index contributed by atoms with van der Waals surface area (Å²) in [6, 6.07) is 15.9. The molecule has 1 aromatic carbocycles. The van der Waals surface area contributed by atoms with E-state index in [4.69, 9.17) is 0 Å². The van der Waals surface area contributed by atoms with Crippen molar-refractivity contribution in [3.63, 3.8) is 0 Å². The Labute approximate surface area is 128 Å². The lowest BCUT2D eigenvalue weighted by molar-refractivity contribution is 0.898. The Morgan fingerprint density at radius 1 is 1.09 bits per heavy atom. The van der Waals surface area contributed by atoms with Crippen LogP contribution in [0.25, 0.3) is 23.0 Å². The average molecular weight is 289 g/mol. The van der Waals surface area contributed by atoms with Gasteiger partial charge in [0.05, 0.1) is 5.57 Å². The first-order chi connectivity index (χ1) is 10.7. The molecule has 0 radical (unpaired) electrons. The number of rotatable bonds is 3. The summed E-state index contributed by atoms with van der Waals surface area (Å²) >= 11 is 0. The van der Waals surface area contributed by atoms with Crippen molar-refractivity contribution >= 4 is 11.6 Å². The number of aryl methyl sites for hydroxylation is 1. The summed E-state index contributed by atoms with van der Waals surface area (Å²) in [5.41, 5.74) is 2.40. The fourth-order valence-electron chi connectivity index (χ4n) is 2.32. The molecule has 2 heterocycles. The third kappa shape index (κ3) is 2.42. The number of hydrogen-bond acceptors (Lipinski definition) is 3. The zero-order valence-corrected chi connectivity index (χ0v) is 12.4. The molecule has 0 aliphatic heterocycles. The van der Waals surface area contributed by atoms with Gasteiger partial charge in [0.15, 0.2) is 11.6 Å². The topological polar surface area (TPSA) is 59.4 Å². The monoisotopic (exact) mass is 289 g/mol. The van der Waals surface area contributed by atoms with Gasteiger partial charge in [-0.2, -0.15) is 5.26 Å². The van der Waals surface area contributed by atoms with Crippen LogP contribution in [-0.4, -0.2) is 19.3 Å². The SMILES string of the molecule is Cn1cccc1/C=C(\C#N)c1nnc(-c2ccccc2)n1C. The van der Waals surface area contributed by atoms with Gasteiger partial charge in [-0.25, -0.2) is 0 Å². The number of aromatic nitrogens is 4. The maximum absolute atomic E-state index is 9.46. The molecule has 22 heavy (non-hydrogen) atoms. The van der Waals surface area contributed by atoms with E-state index in [1.165, 1.54) is 0 Å². The molecule has 3 rings (SSSR count). The molecule has 108 valence electrons. The van der Waals surface area contributed by atoms with Crippen molar-refractivity contribution in [3.8, 4) is 17.5 Å². The maximum atomic E-state index is 9.46. The van der Waals surface area contributed by atoms with Crippen LogP contribution in [0.3, 0.4) is 0 Å². The van der Waals surface area contributed by atoms with Crippen molar-refractivity contribution in [2.75, 3.05) is 0 Å². The first-order valence-corrected chi connectivity index (χ1v) is 6.89. The molecule has 0 amide bonds. The number of nitrogens with zero attached hydrogens (tertiary/aromatic N) is 5. The van der Waals surface area contributed by atoms with Crippen LogP contribution in [0.1, 0.15) is 11.5 Å². The normalized spacial score (nSPS) is 11.4. The smallest absolute Gasteiger partial charge is 0.174 e. The van der Waals surface area contributed by atoms with E-state index in [9.17, 15) is 5.26 Å². The Morgan fingerprint density at radius 3 is 2.50 bits per heavy atom. The second-order valence-electron chi connectivity index (χ2n) is 4.99. The second-order valence-corrected chi connectivity index (χ2v) is 4.99. The van der Waals surface area contributed by atoms with Crippen LogP contribution in [0.4, 0.5) is 0 Å². The van der Waals surface area contributed by atoms with Crippen molar-refractivity contribution in [2.24, 2.45) is 14.1 Å². The molecule has 0 saturated heterocycles. The van der Waals surface area contributed by atoms with Gasteiger partial charge in [-0.15, -0.1) is 10.2 Å². The lowest BCUT2D eigenvalue weighted by Crippen LogP contribution is -1.99. The number of benzene rings is 1. The van der Waals surface area contributed by atoms with E-state index in [0.717, 1.165) is 17.1 Å². The number of hydrogen-bond donors (Lipinski definition) is 0. The van der Waals surface area contributed by atoms with Crippen LogP contribution >= 0.6 is 0 Å². The van der Waals surface area contributed by atoms with Gasteiger partial charge in [-0.1, -0.05) is 30.3 Å². The maximum Gasteiger partial charge on any atom is 0.174 e. The molecule has 0 bridgehead atoms. The van der Waals surface area contributed by atoms with Crippen molar-refractivity contribution in [1.82, 2.24) is 19.3 Å². The van der Waals surface area contributed by atoms with Crippen LogP contribution in [0.15, 0.2) is 48.7 Å². The number of nitriles is 1. The molecule has 0 fully saturated rings. The predicted octanol–water partition coefficient (Wildman–Crippen LogP) is 2.88. The molecular weight excluding hydrogens is 274 g/mol. The highest BCUT2D eigenvalue weighted by Gasteiger charge is 2.14. The Balaban J connectivity index is 2.06. The molecule has 0 aliphatic carbocycles. The summed E-state index contributed by atoms with van der Waals surface area (Å²) in [6.45, 7) is 0. The van der Waals surface area contributed by atoms with E-state index in [1.807, 2.05) is 78.0 Å². The molecule has 0 N–H and O–H groups in total. The van der Waals surface area contributed by atoms with Crippen LogP contribution < -0.4 is 0 Å². The highest BCUT2D eigenvalue weighted by Crippen LogP contribution is 2.21. The van der Waals surface area contributed by atoms with Gasteiger partial charge in [0.25, 0.3) is 0 Å². The van der Waals surface area contributed by atoms with Crippen LogP contribution in [0.2, 0.25) is 0 Å². The third-order valence-electron chi connectivity index (χ3n) is 3.54. The Morgan fingerprint density at radius 2 is 1.86 bits per heavy atom. The van der Waals surface area contributed by atoms with E-state index in [1.54, 1.807) is 0 Å². The Bertz CT molecular complexity index is 862. The minimum Gasteiger partial charge on any atom is -0.351 e. The van der Waals surface area contributed by atoms with E-state index >= 15 is 0 Å². The summed E-state index contributed by atoms with van der Waals surface area (Å²) < 4.78 is 3.79. The largest absolute Gasteiger partial charge is 0.351 e. The van der Waals surface area contributed by atoms with Crippen molar-refractivity contribution < 1.29 is 0 Å². The molecule has 5 heteroatoms. The lowest BCUT2D eigenvalue weighted by Gasteiger charge is -2.03. The van der Waals surface area contributed by atoms with Crippen molar-refractivity contribution in [2.45, 2.75) is 0 Å². The minimum absolute atomic E-state index is 0.485. The van der Waals surface area contributed by atoms with E-state index in [0.29, 0.717) is 11.4 Å². The predicted molar refractivity (Wildman–Crippen MR) is 85.3 cm³/mol. The molecule has 0 atom stereocenters. The van der Waals surface area contributed by atoms with Crippen LogP contribution in [0.5, 0.6) is 0 Å². The first-order valence-electron chi connectivity index (χ1n) is 6.89. The number of allylic oxidation sites excluding steroid dienone is 1. The molecule has 0 saturated carbocycles. The summed E-state index contributed by atoms with van der Waals surface area (Å²) in [6.07, 6.45) is 3.76. The van der Waals surface area contributed by atoms with Gasteiger partial charge in [0.2, 0.25) is 0 Å². The van der Waals surface area contributed by atoms with Crippen LogP contribution in [-0.2, 0) is 14.1 Å². The lowest BCUT2D eigenvalue weighted by atomic mass is 10.2. The second kappa shape index (κ2) is 5.70. The zero-order valence-electron chi connectivity index (χ0n) is 12.4. The molecule has 2 aromatic heterocycles. The minimum atomic E-state index is 0.485. The Hall–Kier alpha value is -3.13. The van der Waals surface area contributed by atoms with Gasteiger partial charge < -0.3 is 9.13 Å². The highest BCUT2D eigenvalue weighted by atomic mass is 15.3. The average Bonchev–Trinajstić information content (AvgIpc) is 3.12. The quantitative estimate of drug-likeness (QED) is 0.697. The van der Waals surface area contributed by atoms with Gasteiger partial charge >= 0.3 is 0 Å². The van der Waals surface area contributed by atoms with Crippen molar-refractivity contribution in [1.29, 1.82) is 5.26 Å². The van der Waals surface area contributed by atoms with Gasteiger partial charge in [-0.05, 0) is 18.2 Å². The van der Waals surface area contributed by atoms with E-state index < -0.39 is 0 Å². The van der Waals surface area contributed by atoms with E-state index in [2.05, 4.69) is 16.3 Å². The standard InChI is InChI=1S/C17H15N5/c1-21-10-6-9-15(21)11-14(12-18)17-20-19-16(22(17)2)13-7-4-3-5-8-13/h3-11H,1-2H3/b14-11+. The Kier molecular flexibility index (Phi) is 3.58. The van der Waals surface area contributed by atoms with Gasteiger partial charge in [0, 0.05) is 31.5 Å². The molecule has 0 unspecified atom stereocenters. The molecule has 3 aromatic rings. The molecule has 0 spiro atoms. The van der Waals surface area contributed by atoms with Gasteiger partial charge in [0.1, 0.15) is 6.07 Å². The van der Waals surface area contributed by atoms with E-state index in [-0.39, 0.29) is 0 Å². The summed E-state index contributed by atoms with van der Waals surface area (Å²) in [7, 11) is 3.81. The molecule has 0 aliphatic rings. The zero-order chi connectivity index (χ0) is 15.5. The summed E-state index contributed by atoms with van der Waals surface area (Å²) in [4.78, 5) is 0. The molecular formula is C17H15N5. The van der Waals surface area contributed by atoms with Crippen molar-refractivity contribution in [3.05, 3.63) is 60.2 Å². The molecule has 5 nitrogen and oxygen atoms in total. The first kappa shape index (κ1) is 13.8. The fourth-order valence-corrected chi connectivity index (χ4v) is 2.32. The summed E-state index contributed by atoms with van der Waals surface area (Å²) in [5.74, 6) is 1.30. The fraction of sp³-hybridized carbons (Fsp3) is 0.118. The van der Waals surface area contributed by atoms with Crippen LogP contribution in [0, 0.1) is 11.3 Å². The highest BCUT2D eigenvalue weighted by molar-refractivity contribution is 5.87. The third-order valence-corrected chi connectivity index (χ3v) is 3.54. The van der Waals surface area contributed by atoms with Gasteiger partial charge in [-0.3, -0.25) is 0 Å². The summed E-state index contributed by atoms with van der Waals surface area (Å²) in [5, 5.41) is 17.9.